The van der Waals surface area contributed by atoms with Crippen LogP contribution in [0.1, 0.15) is 19.3 Å². The van der Waals surface area contributed by atoms with Gasteiger partial charge in [-0.05, 0) is 36.4 Å². The van der Waals surface area contributed by atoms with E-state index in [1.54, 1.807) is 30.3 Å². The molecule has 2 aromatic carbocycles. The lowest BCUT2D eigenvalue weighted by Gasteiger charge is -2.24. The Bertz CT molecular complexity index is 1040. The third-order valence-corrected chi connectivity index (χ3v) is 4.62. The second-order valence-electron chi connectivity index (χ2n) is 6.90. The molecule has 1 heterocycles. The minimum atomic E-state index is -0.833. The Balaban J connectivity index is 1.68. The van der Waals surface area contributed by atoms with Gasteiger partial charge in [-0.1, -0.05) is 18.2 Å². The number of carbonyl (C=O) groups is 4. The molecule has 0 unspecified atom stereocenters. The number of amides is 3. The highest BCUT2D eigenvalue weighted by Gasteiger charge is 2.27. The number of hydrogen-bond donors (Lipinski definition) is 1. The number of anilines is 2. The minimum Gasteiger partial charge on any atom is -0.451 e. The summed E-state index contributed by atoms with van der Waals surface area (Å²) in [5.74, 6) is -2.84. The molecule has 0 bridgehead atoms. The third-order valence-electron chi connectivity index (χ3n) is 4.62. The molecule has 0 fully saturated rings. The summed E-state index contributed by atoms with van der Waals surface area (Å²) in [6, 6.07) is 13.7. The van der Waals surface area contributed by atoms with Crippen LogP contribution in [0, 0.1) is 5.82 Å². The van der Waals surface area contributed by atoms with Gasteiger partial charge in [0.2, 0.25) is 11.8 Å². The lowest BCUT2D eigenvalue weighted by molar-refractivity contribution is -0.141. The number of halogens is 1. The molecule has 0 aromatic heterocycles. The number of benzene rings is 2. The van der Waals surface area contributed by atoms with Crippen molar-refractivity contribution in [1.82, 2.24) is 0 Å². The molecule has 0 aliphatic carbocycles. The van der Waals surface area contributed by atoms with Gasteiger partial charge in [0.15, 0.2) is 6.61 Å². The topological polar surface area (TPSA) is 122 Å². The van der Waals surface area contributed by atoms with Crippen LogP contribution in [0.2, 0.25) is 0 Å². The van der Waals surface area contributed by atoms with Crippen molar-refractivity contribution in [2.24, 2.45) is 10.8 Å². The van der Waals surface area contributed by atoms with Crippen LogP contribution in [0.5, 0.6) is 0 Å². The number of nitrogens with zero attached hydrogens (tertiary/aromatic N) is 3. The molecule has 0 saturated carbocycles. The molecule has 32 heavy (non-hydrogen) atoms. The van der Waals surface area contributed by atoms with E-state index in [0.717, 1.165) is 17.1 Å². The first-order valence-electron chi connectivity index (χ1n) is 9.82. The van der Waals surface area contributed by atoms with Crippen molar-refractivity contribution in [3.05, 3.63) is 60.4 Å². The zero-order valence-electron chi connectivity index (χ0n) is 17.1. The smallest absolute Gasteiger partial charge is 0.355 e. The lowest BCUT2D eigenvalue weighted by atomic mass is 10.1. The van der Waals surface area contributed by atoms with Crippen LogP contribution in [0.15, 0.2) is 59.7 Å². The van der Waals surface area contributed by atoms with E-state index in [9.17, 15) is 23.6 Å². The number of rotatable bonds is 8. The fraction of sp³-hybridized carbons (Fsp3) is 0.227. The van der Waals surface area contributed by atoms with E-state index in [1.165, 1.54) is 17.0 Å². The number of primary amides is 1. The quantitative estimate of drug-likeness (QED) is 0.627. The number of nitrogens with two attached hydrogens (primary N) is 1. The van der Waals surface area contributed by atoms with Gasteiger partial charge in [0.1, 0.15) is 11.5 Å². The van der Waals surface area contributed by atoms with Gasteiger partial charge in [-0.25, -0.2) is 14.2 Å². The number of hydrogen-bond acceptors (Lipinski definition) is 6. The van der Waals surface area contributed by atoms with E-state index in [-0.39, 0.29) is 37.4 Å². The monoisotopic (exact) mass is 440 g/mol. The summed E-state index contributed by atoms with van der Waals surface area (Å²) in [6.45, 7) is -0.693. The van der Waals surface area contributed by atoms with Crippen LogP contribution >= 0.6 is 0 Å². The maximum absolute atomic E-state index is 13.2. The molecule has 3 rings (SSSR count). The second-order valence-corrected chi connectivity index (χ2v) is 6.90. The van der Waals surface area contributed by atoms with Gasteiger partial charge in [0.25, 0.3) is 5.91 Å². The van der Waals surface area contributed by atoms with Gasteiger partial charge in [-0.2, -0.15) is 5.10 Å². The van der Waals surface area contributed by atoms with Crippen molar-refractivity contribution in [3.63, 3.8) is 0 Å². The van der Waals surface area contributed by atoms with Gasteiger partial charge >= 0.3 is 5.97 Å². The summed E-state index contributed by atoms with van der Waals surface area (Å²) < 4.78 is 18.3. The number of esters is 1. The standard InChI is InChI=1S/C22H21FN4O5/c23-15-6-8-16(9-7-15)26(13-12-19(24)28)21(30)14-32-22(31)18-10-11-20(29)27(25-18)17-4-2-1-3-5-17/h1-9H,10-14H2,(H2,24,28). The zero-order chi connectivity index (χ0) is 23.1. The summed E-state index contributed by atoms with van der Waals surface area (Å²) in [5, 5.41) is 5.21. The zero-order valence-corrected chi connectivity index (χ0v) is 17.1. The Morgan fingerprint density at radius 2 is 1.75 bits per heavy atom. The highest BCUT2D eigenvalue weighted by atomic mass is 19.1. The summed E-state index contributed by atoms with van der Waals surface area (Å²) in [6.07, 6.45) is 0.0214. The molecule has 10 heteroatoms. The lowest BCUT2D eigenvalue weighted by Crippen LogP contribution is -2.39. The molecule has 0 spiro atoms. The van der Waals surface area contributed by atoms with E-state index in [2.05, 4.69) is 5.10 Å². The molecule has 3 amide bonds. The van der Waals surface area contributed by atoms with Gasteiger partial charge in [-0.3, -0.25) is 14.4 Å². The minimum absolute atomic E-state index is 0.00622. The summed E-state index contributed by atoms with van der Waals surface area (Å²) in [4.78, 5) is 49.6. The average molecular weight is 440 g/mol. The molecular weight excluding hydrogens is 419 g/mol. The molecule has 0 radical (unpaired) electrons. The Hall–Kier alpha value is -4.08. The van der Waals surface area contributed by atoms with Crippen LogP contribution in [-0.2, 0) is 23.9 Å². The first kappa shape index (κ1) is 22.6. The van der Waals surface area contributed by atoms with Crippen molar-refractivity contribution in [2.75, 3.05) is 23.1 Å². The molecular formula is C22H21FN4O5. The van der Waals surface area contributed by atoms with Gasteiger partial charge < -0.3 is 15.4 Å². The first-order chi connectivity index (χ1) is 15.3. The van der Waals surface area contributed by atoms with E-state index in [1.807, 2.05) is 0 Å². The largest absolute Gasteiger partial charge is 0.451 e. The number of carbonyl (C=O) groups excluding carboxylic acids is 4. The van der Waals surface area contributed by atoms with Crippen LogP contribution in [0.3, 0.4) is 0 Å². The van der Waals surface area contributed by atoms with E-state index in [4.69, 9.17) is 10.5 Å². The fourth-order valence-electron chi connectivity index (χ4n) is 3.00. The predicted octanol–water partition coefficient (Wildman–Crippen LogP) is 1.76. The van der Waals surface area contributed by atoms with Crippen LogP contribution < -0.4 is 15.6 Å². The normalized spacial score (nSPS) is 13.3. The predicted molar refractivity (Wildman–Crippen MR) is 114 cm³/mol. The SMILES string of the molecule is NC(=O)CCN(C(=O)COC(=O)C1=NN(c2ccccc2)C(=O)CC1)c1ccc(F)cc1. The highest BCUT2D eigenvalue weighted by molar-refractivity contribution is 6.38. The Morgan fingerprint density at radius 3 is 2.41 bits per heavy atom. The van der Waals surface area contributed by atoms with Gasteiger partial charge in [0.05, 0.1) is 5.69 Å². The molecule has 9 nitrogen and oxygen atoms in total. The van der Waals surface area contributed by atoms with Crippen molar-refractivity contribution < 1.29 is 28.3 Å². The molecule has 1 aliphatic heterocycles. The molecule has 166 valence electrons. The third kappa shape index (κ3) is 5.75. The van der Waals surface area contributed by atoms with Crippen molar-refractivity contribution in [3.8, 4) is 0 Å². The fourth-order valence-corrected chi connectivity index (χ4v) is 3.00. The molecule has 0 atom stereocenters. The second kappa shape index (κ2) is 10.3. The van der Waals surface area contributed by atoms with E-state index >= 15 is 0 Å². The maximum Gasteiger partial charge on any atom is 0.355 e. The van der Waals surface area contributed by atoms with Gasteiger partial charge in [0, 0.05) is 31.5 Å². The molecule has 2 aromatic rings. The Morgan fingerprint density at radius 1 is 1.06 bits per heavy atom. The molecule has 2 N–H and O–H groups in total. The van der Waals surface area contributed by atoms with E-state index in [0.29, 0.717) is 11.4 Å². The Labute approximate surface area is 183 Å². The number of para-hydroxylation sites is 1. The molecule has 0 saturated heterocycles. The number of hydrazone groups is 1. The van der Waals surface area contributed by atoms with Crippen molar-refractivity contribution >= 4 is 40.8 Å². The summed E-state index contributed by atoms with van der Waals surface area (Å²) in [5.41, 5.74) is 6.00. The van der Waals surface area contributed by atoms with Crippen molar-refractivity contribution in [1.29, 1.82) is 0 Å². The Kier molecular flexibility index (Phi) is 7.27. The maximum atomic E-state index is 13.2. The average Bonchev–Trinajstić information content (AvgIpc) is 2.79. The molecule has 1 aliphatic rings. The number of ether oxygens (including phenoxy) is 1. The first-order valence-corrected chi connectivity index (χ1v) is 9.82. The highest BCUT2D eigenvalue weighted by Crippen LogP contribution is 2.20. The van der Waals surface area contributed by atoms with Gasteiger partial charge in [-0.15, -0.1) is 0 Å². The van der Waals surface area contributed by atoms with E-state index < -0.39 is 30.2 Å². The van der Waals surface area contributed by atoms with Crippen LogP contribution in [0.4, 0.5) is 15.8 Å². The van der Waals surface area contributed by atoms with Crippen molar-refractivity contribution in [2.45, 2.75) is 19.3 Å². The summed E-state index contributed by atoms with van der Waals surface area (Å²) >= 11 is 0. The summed E-state index contributed by atoms with van der Waals surface area (Å²) in [7, 11) is 0. The van der Waals surface area contributed by atoms with Crippen LogP contribution in [0.25, 0.3) is 0 Å². The van der Waals surface area contributed by atoms with Crippen LogP contribution in [-0.4, -0.2) is 42.6 Å².